The molecule has 1 saturated carbocycles. The Hall–Kier alpha value is -2.63. The van der Waals surface area contributed by atoms with Gasteiger partial charge in [-0.1, -0.05) is 18.2 Å². The number of amides is 2. The van der Waals surface area contributed by atoms with E-state index in [1.807, 2.05) is 56.0 Å². The molecular formula is C22H27N3O3. The molecule has 2 fully saturated rings. The summed E-state index contributed by atoms with van der Waals surface area (Å²) in [5, 5.41) is 4.10. The highest BCUT2D eigenvalue weighted by Crippen LogP contribution is 2.35. The molecule has 0 spiro atoms. The van der Waals surface area contributed by atoms with Gasteiger partial charge in [-0.25, -0.2) is 4.79 Å². The first-order chi connectivity index (χ1) is 13.3. The predicted molar refractivity (Wildman–Crippen MR) is 107 cm³/mol. The Balaban J connectivity index is 1.36. The second-order valence-corrected chi connectivity index (χ2v) is 8.45. The van der Waals surface area contributed by atoms with Gasteiger partial charge in [-0.05, 0) is 58.6 Å². The van der Waals surface area contributed by atoms with Crippen molar-refractivity contribution in [2.75, 3.05) is 0 Å². The number of rotatable bonds is 3. The number of pyridine rings is 1. The number of nitrogens with zero attached hydrogens (tertiary/aromatic N) is 2. The minimum Gasteiger partial charge on any atom is -0.441 e. The summed E-state index contributed by atoms with van der Waals surface area (Å²) in [7, 11) is 0. The molecule has 1 aliphatic carbocycles. The first kappa shape index (κ1) is 18.7. The molecule has 28 heavy (non-hydrogen) atoms. The lowest BCUT2D eigenvalue weighted by atomic mass is 9.88. The molecular weight excluding hydrogens is 354 g/mol. The Morgan fingerprint density at radius 2 is 1.93 bits per heavy atom. The van der Waals surface area contributed by atoms with Gasteiger partial charge >= 0.3 is 6.09 Å². The van der Waals surface area contributed by atoms with Crippen molar-refractivity contribution < 1.29 is 14.3 Å². The van der Waals surface area contributed by atoms with E-state index in [2.05, 4.69) is 10.3 Å². The molecule has 0 radical (unpaired) electrons. The number of ether oxygens (including phenoxy) is 1. The predicted octanol–water partition coefficient (Wildman–Crippen LogP) is 3.90. The van der Waals surface area contributed by atoms with Crippen molar-refractivity contribution in [2.45, 2.75) is 70.2 Å². The van der Waals surface area contributed by atoms with Crippen LogP contribution in [0.4, 0.5) is 4.79 Å². The number of carbonyl (C=O) groups excluding carboxylic acids is 2. The van der Waals surface area contributed by atoms with Crippen molar-refractivity contribution in [2.24, 2.45) is 0 Å². The van der Waals surface area contributed by atoms with Crippen LogP contribution >= 0.6 is 0 Å². The van der Waals surface area contributed by atoms with Gasteiger partial charge in [0.2, 0.25) is 0 Å². The summed E-state index contributed by atoms with van der Waals surface area (Å²) < 4.78 is 5.52. The Kier molecular flexibility index (Phi) is 4.73. The number of hydrogen-bond donors (Lipinski definition) is 1. The van der Waals surface area contributed by atoms with E-state index in [0.29, 0.717) is 5.56 Å². The number of carbonyl (C=O) groups is 2. The maximum Gasteiger partial charge on any atom is 0.411 e. The molecule has 2 amide bonds. The van der Waals surface area contributed by atoms with Gasteiger partial charge in [0.25, 0.3) is 5.91 Å². The maximum atomic E-state index is 12.6. The quantitative estimate of drug-likeness (QED) is 0.875. The van der Waals surface area contributed by atoms with Crippen LogP contribution in [0.5, 0.6) is 0 Å². The van der Waals surface area contributed by atoms with Crippen LogP contribution in [0.15, 0.2) is 36.5 Å². The van der Waals surface area contributed by atoms with Gasteiger partial charge in [-0.15, -0.1) is 0 Å². The van der Waals surface area contributed by atoms with Gasteiger partial charge in [0.1, 0.15) is 5.60 Å². The number of nitrogens with one attached hydrogen (secondary N) is 1. The fourth-order valence-corrected chi connectivity index (χ4v) is 4.28. The normalized spacial score (nSPS) is 26.9. The van der Waals surface area contributed by atoms with Gasteiger partial charge in [-0.3, -0.25) is 14.7 Å². The van der Waals surface area contributed by atoms with Gasteiger partial charge < -0.3 is 10.1 Å². The fraction of sp³-hybridized carbons (Fsp3) is 0.500. The summed E-state index contributed by atoms with van der Waals surface area (Å²) in [6, 6.07) is 10.0. The molecule has 1 aromatic carbocycles. The van der Waals surface area contributed by atoms with E-state index in [1.54, 1.807) is 6.20 Å². The molecule has 6 nitrogen and oxygen atoms in total. The summed E-state index contributed by atoms with van der Waals surface area (Å²) in [5.74, 6) is -0.0863. The molecule has 1 atom stereocenters. The first-order valence-electron chi connectivity index (χ1n) is 10.0. The van der Waals surface area contributed by atoms with Crippen molar-refractivity contribution >= 4 is 22.9 Å². The van der Waals surface area contributed by atoms with Crippen LogP contribution in [0.25, 0.3) is 10.9 Å². The third-order valence-corrected chi connectivity index (χ3v) is 6.26. The van der Waals surface area contributed by atoms with Crippen LogP contribution in [0.2, 0.25) is 0 Å². The summed E-state index contributed by atoms with van der Waals surface area (Å²) in [5.41, 5.74) is 1.01. The van der Waals surface area contributed by atoms with E-state index in [1.165, 1.54) is 0 Å². The third kappa shape index (κ3) is 3.43. The number of cyclic esters (lactones) is 1. The van der Waals surface area contributed by atoms with E-state index >= 15 is 0 Å². The number of hydrogen-bond acceptors (Lipinski definition) is 4. The van der Waals surface area contributed by atoms with Crippen LogP contribution in [0, 0.1) is 0 Å². The number of fused-ring (bicyclic) bond motifs is 1. The largest absolute Gasteiger partial charge is 0.441 e. The van der Waals surface area contributed by atoms with Crippen LogP contribution in [0.1, 0.15) is 56.8 Å². The molecule has 1 unspecified atom stereocenters. The lowest BCUT2D eigenvalue weighted by Crippen LogP contribution is -2.48. The number of para-hydroxylation sites is 1. The highest BCUT2D eigenvalue weighted by molar-refractivity contribution is 5.97. The fourth-order valence-electron chi connectivity index (χ4n) is 4.28. The molecule has 0 bridgehead atoms. The van der Waals surface area contributed by atoms with Gasteiger partial charge in [-0.2, -0.15) is 0 Å². The van der Waals surface area contributed by atoms with Crippen LogP contribution in [-0.2, 0) is 4.74 Å². The van der Waals surface area contributed by atoms with E-state index in [-0.39, 0.29) is 30.1 Å². The third-order valence-electron chi connectivity index (χ3n) is 6.26. The van der Waals surface area contributed by atoms with Crippen molar-refractivity contribution in [1.29, 1.82) is 0 Å². The number of benzene rings is 1. The maximum absolute atomic E-state index is 12.6. The summed E-state index contributed by atoms with van der Waals surface area (Å²) in [6.07, 6.45) is 4.87. The molecule has 6 heteroatoms. The van der Waals surface area contributed by atoms with Crippen LogP contribution < -0.4 is 5.32 Å². The molecule has 2 aliphatic rings. The molecule has 148 valence electrons. The number of aromatic nitrogens is 1. The average Bonchev–Trinajstić information content (AvgIpc) is 2.89. The Morgan fingerprint density at radius 1 is 1.21 bits per heavy atom. The highest BCUT2D eigenvalue weighted by Gasteiger charge is 2.48. The minimum atomic E-state index is -0.453. The molecule has 1 N–H and O–H groups in total. The summed E-state index contributed by atoms with van der Waals surface area (Å²) in [4.78, 5) is 31.2. The monoisotopic (exact) mass is 381 g/mol. The molecule has 2 aromatic rings. The molecule has 4 rings (SSSR count). The Morgan fingerprint density at radius 3 is 2.61 bits per heavy atom. The van der Waals surface area contributed by atoms with Crippen molar-refractivity contribution in [3.8, 4) is 0 Å². The Bertz CT molecular complexity index is 903. The molecule has 1 saturated heterocycles. The second kappa shape index (κ2) is 7.08. The smallest absolute Gasteiger partial charge is 0.411 e. The lowest BCUT2D eigenvalue weighted by Gasteiger charge is -2.36. The van der Waals surface area contributed by atoms with E-state index in [9.17, 15) is 9.59 Å². The standard InChI is InChI=1S/C22H27N3O3/c1-14-22(2,3)28-21(27)25(14)18-10-8-17(9-11-18)24-20(26)16-12-15-6-4-5-7-19(15)23-13-16/h4-7,12-14,17-18H,8-11H2,1-3H3,(H,24,26). The van der Waals surface area contributed by atoms with Crippen molar-refractivity contribution in [3.05, 3.63) is 42.1 Å². The minimum absolute atomic E-state index is 0.0554. The lowest BCUT2D eigenvalue weighted by molar-refractivity contribution is 0.0711. The molecule has 1 aromatic heterocycles. The van der Waals surface area contributed by atoms with Crippen molar-refractivity contribution in [1.82, 2.24) is 15.2 Å². The van der Waals surface area contributed by atoms with E-state index < -0.39 is 5.60 Å². The average molecular weight is 381 g/mol. The van der Waals surface area contributed by atoms with Crippen molar-refractivity contribution in [3.63, 3.8) is 0 Å². The summed E-state index contributed by atoms with van der Waals surface area (Å²) in [6.45, 7) is 5.96. The van der Waals surface area contributed by atoms with Gasteiger partial charge in [0.05, 0.1) is 17.1 Å². The van der Waals surface area contributed by atoms with Crippen LogP contribution in [0.3, 0.4) is 0 Å². The SMILES string of the molecule is CC1N(C2CCC(NC(=O)c3cnc4ccccc4c3)CC2)C(=O)OC1(C)C. The van der Waals surface area contributed by atoms with Gasteiger partial charge in [0.15, 0.2) is 0 Å². The molecule has 1 aliphatic heterocycles. The van der Waals surface area contributed by atoms with E-state index in [0.717, 1.165) is 36.6 Å². The molecule has 2 heterocycles. The zero-order valence-electron chi connectivity index (χ0n) is 16.6. The Labute approximate surface area is 165 Å². The summed E-state index contributed by atoms with van der Waals surface area (Å²) >= 11 is 0. The zero-order valence-corrected chi connectivity index (χ0v) is 16.6. The highest BCUT2D eigenvalue weighted by atomic mass is 16.6. The second-order valence-electron chi connectivity index (χ2n) is 8.45. The van der Waals surface area contributed by atoms with Crippen LogP contribution in [-0.4, -0.2) is 45.6 Å². The van der Waals surface area contributed by atoms with Gasteiger partial charge in [0, 0.05) is 23.7 Å². The topological polar surface area (TPSA) is 71.5 Å². The van der Waals surface area contributed by atoms with E-state index in [4.69, 9.17) is 4.74 Å². The zero-order chi connectivity index (χ0) is 19.9. The first-order valence-corrected chi connectivity index (χ1v) is 10.0.